The third-order valence-corrected chi connectivity index (χ3v) is 5.14. The lowest BCUT2D eigenvalue weighted by atomic mass is 10.1. The Kier molecular flexibility index (Phi) is 8.42. The number of ether oxygens (including phenoxy) is 1. The molecule has 0 aliphatic heterocycles. The first-order valence-electron chi connectivity index (χ1n) is 7.09. The minimum absolute atomic E-state index is 0.141. The normalized spacial score (nSPS) is 11.0. The largest absolute Gasteiger partial charge is 0.445 e. The van der Waals surface area contributed by atoms with Gasteiger partial charge in [0, 0.05) is 29.7 Å². The second-order valence-electron chi connectivity index (χ2n) is 5.46. The number of carbonyl (C=O) groups excluding carboxylic acids is 2. The Morgan fingerprint density at radius 2 is 1.86 bits per heavy atom. The molecular formula is C16H23NO3S2. The standard InChI is InChI=1S/C16H23NO3S2/c1-13(18)22-10-9-21-12-16(2,3)17-15(19)20-11-14-7-5-4-6-8-14/h4-8H,9-12H2,1-3H3,(H,17,19). The zero-order valence-electron chi connectivity index (χ0n) is 13.3. The van der Waals surface area contributed by atoms with Gasteiger partial charge in [-0.1, -0.05) is 42.1 Å². The average Bonchev–Trinajstić information content (AvgIpc) is 2.45. The maximum Gasteiger partial charge on any atom is 0.407 e. The Morgan fingerprint density at radius 3 is 2.50 bits per heavy atom. The number of benzene rings is 1. The number of carbonyl (C=O) groups is 2. The first kappa shape index (κ1) is 18.9. The molecule has 0 bridgehead atoms. The van der Waals surface area contributed by atoms with E-state index in [1.54, 1.807) is 18.7 Å². The second kappa shape index (κ2) is 9.79. The van der Waals surface area contributed by atoms with E-state index in [0.717, 1.165) is 22.8 Å². The number of amides is 1. The highest BCUT2D eigenvalue weighted by molar-refractivity contribution is 8.14. The number of thioether (sulfide) groups is 2. The van der Waals surface area contributed by atoms with Crippen LogP contribution in [0.3, 0.4) is 0 Å². The first-order chi connectivity index (χ1) is 10.4. The predicted molar refractivity (Wildman–Crippen MR) is 94.3 cm³/mol. The average molecular weight is 341 g/mol. The van der Waals surface area contributed by atoms with Crippen LogP contribution < -0.4 is 5.32 Å². The van der Waals surface area contributed by atoms with Crippen molar-refractivity contribution in [2.24, 2.45) is 0 Å². The van der Waals surface area contributed by atoms with Gasteiger partial charge in [-0.2, -0.15) is 11.8 Å². The van der Waals surface area contributed by atoms with Crippen molar-refractivity contribution < 1.29 is 14.3 Å². The highest BCUT2D eigenvalue weighted by Crippen LogP contribution is 2.15. The molecule has 0 radical (unpaired) electrons. The van der Waals surface area contributed by atoms with Crippen molar-refractivity contribution in [1.29, 1.82) is 0 Å². The summed E-state index contributed by atoms with van der Waals surface area (Å²) in [5.74, 6) is 2.45. The van der Waals surface area contributed by atoms with Crippen LogP contribution in [0.2, 0.25) is 0 Å². The van der Waals surface area contributed by atoms with Crippen molar-refractivity contribution >= 4 is 34.7 Å². The number of nitrogens with one attached hydrogen (secondary N) is 1. The van der Waals surface area contributed by atoms with Crippen LogP contribution in [0.25, 0.3) is 0 Å². The van der Waals surface area contributed by atoms with E-state index in [4.69, 9.17) is 4.74 Å². The van der Waals surface area contributed by atoms with Crippen molar-refractivity contribution in [3.63, 3.8) is 0 Å². The van der Waals surface area contributed by atoms with E-state index in [-0.39, 0.29) is 17.3 Å². The minimum Gasteiger partial charge on any atom is -0.445 e. The molecule has 6 heteroatoms. The lowest BCUT2D eigenvalue weighted by Crippen LogP contribution is -2.45. The Bertz CT molecular complexity index is 478. The van der Waals surface area contributed by atoms with Crippen molar-refractivity contribution in [3.8, 4) is 0 Å². The molecule has 122 valence electrons. The van der Waals surface area contributed by atoms with E-state index < -0.39 is 6.09 Å². The first-order valence-corrected chi connectivity index (χ1v) is 9.23. The highest BCUT2D eigenvalue weighted by atomic mass is 32.2. The van der Waals surface area contributed by atoms with Gasteiger partial charge >= 0.3 is 6.09 Å². The molecule has 4 nitrogen and oxygen atoms in total. The van der Waals surface area contributed by atoms with E-state index in [0.29, 0.717) is 0 Å². The number of hydrogen-bond acceptors (Lipinski definition) is 5. The summed E-state index contributed by atoms with van der Waals surface area (Å²) in [6.45, 7) is 5.76. The molecule has 0 aliphatic carbocycles. The van der Waals surface area contributed by atoms with Crippen LogP contribution in [-0.2, 0) is 16.1 Å². The van der Waals surface area contributed by atoms with Gasteiger partial charge in [-0.3, -0.25) is 4.79 Å². The molecule has 0 unspecified atom stereocenters. The van der Waals surface area contributed by atoms with Crippen LogP contribution in [0.15, 0.2) is 30.3 Å². The fourth-order valence-corrected chi connectivity index (χ4v) is 3.46. The summed E-state index contributed by atoms with van der Waals surface area (Å²) in [6, 6.07) is 9.59. The van der Waals surface area contributed by atoms with Gasteiger partial charge in [-0.05, 0) is 19.4 Å². The SMILES string of the molecule is CC(=O)SCCSCC(C)(C)NC(=O)OCc1ccccc1. The van der Waals surface area contributed by atoms with E-state index >= 15 is 0 Å². The molecule has 0 aromatic heterocycles. The smallest absolute Gasteiger partial charge is 0.407 e. The summed E-state index contributed by atoms with van der Waals surface area (Å²) in [4.78, 5) is 22.6. The minimum atomic E-state index is -0.410. The molecule has 1 amide bonds. The monoisotopic (exact) mass is 341 g/mol. The van der Waals surface area contributed by atoms with Crippen molar-refractivity contribution in [2.75, 3.05) is 17.3 Å². The molecule has 0 spiro atoms. The van der Waals surface area contributed by atoms with Gasteiger partial charge in [-0.15, -0.1) is 0 Å². The van der Waals surface area contributed by atoms with Gasteiger partial charge in [0.2, 0.25) is 0 Å². The summed E-state index contributed by atoms with van der Waals surface area (Å²) in [5, 5.41) is 3.01. The third kappa shape index (κ3) is 9.00. The predicted octanol–water partition coefficient (Wildman–Crippen LogP) is 3.70. The highest BCUT2D eigenvalue weighted by Gasteiger charge is 2.21. The maximum absolute atomic E-state index is 11.8. The van der Waals surface area contributed by atoms with Gasteiger partial charge < -0.3 is 10.1 Å². The summed E-state index contributed by atoms with van der Waals surface area (Å²) in [6.07, 6.45) is -0.410. The van der Waals surface area contributed by atoms with Gasteiger partial charge in [0.1, 0.15) is 6.61 Å². The lowest BCUT2D eigenvalue weighted by molar-refractivity contribution is -0.109. The molecule has 1 rings (SSSR count). The summed E-state index contributed by atoms with van der Waals surface area (Å²) < 4.78 is 5.21. The molecule has 1 N–H and O–H groups in total. The van der Waals surface area contributed by atoms with Gasteiger partial charge in [0.25, 0.3) is 0 Å². The van der Waals surface area contributed by atoms with Crippen LogP contribution >= 0.6 is 23.5 Å². The van der Waals surface area contributed by atoms with Gasteiger partial charge in [-0.25, -0.2) is 4.79 Å². The molecule has 0 fully saturated rings. The van der Waals surface area contributed by atoms with Gasteiger partial charge in [0.15, 0.2) is 5.12 Å². The Labute approximate surface area is 140 Å². The molecule has 0 saturated carbocycles. The number of alkyl carbamates (subject to hydrolysis) is 1. The quantitative estimate of drug-likeness (QED) is 0.731. The fourth-order valence-electron chi connectivity index (χ4n) is 1.64. The van der Waals surface area contributed by atoms with Crippen molar-refractivity contribution in [1.82, 2.24) is 5.32 Å². The second-order valence-corrected chi connectivity index (χ2v) is 7.84. The van der Waals surface area contributed by atoms with E-state index in [1.165, 1.54) is 11.8 Å². The van der Waals surface area contributed by atoms with Crippen molar-refractivity contribution in [3.05, 3.63) is 35.9 Å². The van der Waals surface area contributed by atoms with Crippen LogP contribution in [-0.4, -0.2) is 34.0 Å². The van der Waals surface area contributed by atoms with Crippen LogP contribution in [0.1, 0.15) is 26.3 Å². The molecule has 0 heterocycles. The zero-order valence-corrected chi connectivity index (χ0v) is 14.9. The molecule has 0 atom stereocenters. The molecule has 0 aliphatic rings. The topological polar surface area (TPSA) is 55.4 Å². The lowest BCUT2D eigenvalue weighted by Gasteiger charge is -2.25. The Hall–Kier alpha value is -1.14. The molecular weight excluding hydrogens is 318 g/mol. The number of rotatable bonds is 8. The Morgan fingerprint density at radius 1 is 1.18 bits per heavy atom. The fraction of sp³-hybridized carbons (Fsp3) is 0.500. The summed E-state index contributed by atoms with van der Waals surface area (Å²) >= 11 is 3.05. The number of hydrogen-bond donors (Lipinski definition) is 1. The molecule has 1 aromatic carbocycles. The van der Waals surface area contributed by atoms with Gasteiger partial charge in [0.05, 0.1) is 0 Å². The summed E-state index contributed by atoms with van der Waals surface area (Å²) in [7, 11) is 0. The van der Waals surface area contributed by atoms with E-state index in [1.807, 2.05) is 44.2 Å². The zero-order chi connectivity index (χ0) is 16.4. The van der Waals surface area contributed by atoms with Crippen molar-refractivity contribution in [2.45, 2.75) is 32.9 Å². The Balaban J connectivity index is 2.22. The van der Waals surface area contributed by atoms with E-state index in [9.17, 15) is 9.59 Å². The summed E-state index contributed by atoms with van der Waals surface area (Å²) in [5.41, 5.74) is 0.616. The van der Waals surface area contributed by atoms with Crippen LogP contribution in [0.5, 0.6) is 0 Å². The van der Waals surface area contributed by atoms with Crippen LogP contribution in [0.4, 0.5) is 4.79 Å². The third-order valence-electron chi connectivity index (χ3n) is 2.65. The molecule has 0 saturated heterocycles. The maximum atomic E-state index is 11.8. The van der Waals surface area contributed by atoms with E-state index in [2.05, 4.69) is 5.32 Å². The molecule has 22 heavy (non-hydrogen) atoms. The van der Waals surface area contributed by atoms with Crippen LogP contribution in [0, 0.1) is 0 Å². The molecule has 1 aromatic rings.